The highest BCUT2D eigenvalue weighted by Gasteiger charge is 2.22. The normalized spacial score (nSPS) is 21.7. The molecule has 0 atom stereocenters. The fraction of sp³-hybridized carbons (Fsp3) is 0.857. The lowest BCUT2D eigenvalue weighted by Crippen LogP contribution is -2.30. The quantitative estimate of drug-likeness (QED) is 0.722. The summed E-state index contributed by atoms with van der Waals surface area (Å²) in [4.78, 5) is 2.56. The van der Waals surface area contributed by atoms with Crippen molar-refractivity contribution in [3.8, 4) is 0 Å². The fourth-order valence-electron chi connectivity index (χ4n) is 2.31. The number of hydrogen-bond acceptors (Lipinski definition) is 2. The van der Waals surface area contributed by atoms with Crippen LogP contribution < -0.4 is 5.32 Å². The van der Waals surface area contributed by atoms with Crippen LogP contribution in [0.5, 0.6) is 0 Å². The maximum atomic E-state index is 4.15. The Hall–Kier alpha value is -0.340. The molecule has 2 heteroatoms. The van der Waals surface area contributed by atoms with Gasteiger partial charge in [-0.3, -0.25) is 4.90 Å². The van der Waals surface area contributed by atoms with Crippen molar-refractivity contribution in [2.45, 2.75) is 40.0 Å². The van der Waals surface area contributed by atoms with Gasteiger partial charge in [-0.1, -0.05) is 27.4 Å². The lowest BCUT2D eigenvalue weighted by atomic mass is 9.85. The summed E-state index contributed by atoms with van der Waals surface area (Å²) in [5, 5.41) is 3.34. The minimum absolute atomic E-state index is 0.539. The van der Waals surface area contributed by atoms with E-state index in [1.54, 1.807) is 0 Å². The average Bonchev–Trinajstić information content (AvgIpc) is 2.37. The Balaban J connectivity index is 2.29. The van der Waals surface area contributed by atoms with Crippen LogP contribution in [-0.2, 0) is 0 Å². The molecule has 2 nitrogen and oxygen atoms in total. The molecule has 0 unspecified atom stereocenters. The first-order chi connectivity index (χ1) is 7.53. The van der Waals surface area contributed by atoms with E-state index in [4.69, 9.17) is 0 Å². The van der Waals surface area contributed by atoms with Gasteiger partial charge in [0.1, 0.15) is 0 Å². The number of nitrogens with one attached hydrogen (secondary N) is 1. The molecule has 1 saturated heterocycles. The largest absolute Gasteiger partial charge is 0.313 e. The summed E-state index contributed by atoms with van der Waals surface area (Å²) < 4.78 is 0. The molecule has 0 radical (unpaired) electrons. The summed E-state index contributed by atoms with van der Waals surface area (Å²) in [6, 6.07) is 0. The first kappa shape index (κ1) is 13.7. The van der Waals surface area contributed by atoms with Crippen molar-refractivity contribution in [1.82, 2.24) is 10.2 Å². The topological polar surface area (TPSA) is 15.3 Å². The van der Waals surface area contributed by atoms with Gasteiger partial charge < -0.3 is 5.32 Å². The van der Waals surface area contributed by atoms with E-state index in [9.17, 15) is 0 Å². The predicted molar refractivity (Wildman–Crippen MR) is 71.8 cm³/mol. The zero-order chi connectivity index (χ0) is 12.0. The Bertz CT molecular complexity index is 221. The molecule has 0 aromatic carbocycles. The molecule has 0 amide bonds. The zero-order valence-corrected chi connectivity index (χ0v) is 11.3. The van der Waals surface area contributed by atoms with Crippen LogP contribution in [0.2, 0.25) is 0 Å². The van der Waals surface area contributed by atoms with Crippen LogP contribution in [0, 0.1) is 5.41 Å². The first-order valence-electron chi connectivity index (χ1n) is 6.63. The zero-order valence-electron chi connectivity index (χ0n) is 11.3. The summed E-state index contributed by atoms with van der Waals surface area (Å²) in [6.07, 6.45) is 4.02. The van der Waals surface area contributed by atoms with Crippen molar-refractivity contribution >= 4 is 0 Å². The van der Waals surface area contributed by atoms with E-state index in [2.05, 4.69) is 37.6 Å². The van der Waals surface area contributed by atoms with Crippen molar-refractivity contribution in [2.24, 2.45) is 5.41 Å². The van der Waals surface area contributed by atoms with Gasteiger partial charge in [0.05, 0.1) is 0 Å². The van der Waals surface area contributed by atoms with E-state index in [0.717, 1.165) is 19.6 Å². The van der Waals surface area contributed by atoms with Crippen LogP contribution in [-0.4, -0.2) is 37.6 Å². The third kappa shape index (κ3) is 5.13. The highest BCUT2D eigenvalue weighted by atomic mass is 15.1. The molecule has 1 aliphatic rings. The van der Waals surface area contributed by atoms with Crippen LogP contribution in [0.4, 0.5) is 0 Å². The summed E-state index contributed by atoms with van der Waals surface area (Å²) >= 11 is 0. The van der Waals surface area contributed by atoms with Crippen LogP contribution in [0.3, 0.4) is 0 Å². The lowest BCUT2D eigenvalue weighted by Gasteiger charge is -2.24. The first-order valence-corrected chi connectivity index (χ1v) is 6.63. The molecule has 0 aromatic heterocycles. The average molecular weight is 224 g/mol. The second kappa shape index (κ2) is 6.41. The number of likely N-dealkylation sites (tertiary alicyclic amines) is 1. The number of nitrogens with zero attached hydrogens (tertiary/aromatic N) is 1. The number of likely N-dealkylation sites (N-methyl/N-ethyl adjacent to an activating group) is 1. The fourth-order valence-corrected chi connectivity index (χ4v) is 2.31. The Labute approximate surface area is 101 Å². The molecule has 0 aromatic rings. The Morgan fingerprint density at radius 1 is 1.31 bits per heavy atom. The summed E-state index contributed by atoms with van der Waals surface area (Å²) in [5.41, 5.74) is 1.86. The second-order valence-electron chi connectivity index (χ2n) is 5.82. The van der Waals surface area contributed by atoms with Crippen LogP contribution in [0.25, 0.3) is 0 Å². The van der Waals surface area contributed by atoms with E-state index in [1.165, 1.54) is 37.9 Å². The predicted octanol–water partition coefficient (Wildman–Crippen LogP) is 2.66. The number of hydrogen-bond donors (Lipinski definition) is 1. The van der Waals surface area contributed by atoms with Gasteiger partial charge in [0, 0.05) is 13.1 Å². The summed E-state index contributed by atoms with van der Waals surface area (Å²) in [5.74, 6) is 0. The summed E-state index contributed by atoms with van der Waals surface area (Å²) in [6.45, 7) is 16.6. The molecule has 1 fully saturated rings. The molecule has 0 aliphatic carbocycles. The standard InChI is InChI=1S/C14H28N2/c1-5-15-11-13(2)12-16-9-6-7-14(3,4)8-10-16/h15H,2,5-12H2,1,3-4H3. The molecule has 0 saturated carbocycles. The van der Waals surface area contributed by atoms with Crippen molar-refractivity contribution < 1.29 is 0 Å². The van der Waals surface area contributed by atoms with Crippen molar-refractivity contribution in [2.75, 3.05) is 32.7 Å². The third-order valence-electron chi connectivity index (χ3n) is 3.50. The molecule has 1 N–H and O–H groups in total. The van der Waals surface area contributed by atoms with Crippen LogP contribution in [0.1, 0.15) is 40.0 Å². The molecule has 1 rings (SSSR count). The molecular weight excluding hydrogens is 196 g/mol. The maximum absolute atomic E-state index is 4.15. The second-order valence-corrected chi connectivity index (χ2v) is 5.82. The minimum Gasteiger partial charge on any atom is -0.313 e. The summed E-state index contributed by atoms with van der Waals surface area (Å²) in [7, 11) is 0. The van der Waals surface area contributed by atoms with Gasteiger partial charge in [-0.2, -0.15) is 0 Å². The molecule has 1 heterocycles. The van der Waals surface area contributed by atoms with E-state index < -0.39 is 0 Å². The van der Waals surface area contributed by atoms with E-state index in [1.807, 2.05) is 0 Å². The van der Waals surface area contributed by atoms with Crippen LogP contribution >= 0.6 is 0 Å². The Morgan fingerprint density at radius 2 is 2.06 bits per heavy atom. The van der Waals surface area contributed by atoms with Crippen LogP contribution in [0.15, 0.2) is 12.2 Å². The molecule has 16 heavy (non-hydrogen) atoms. The smallest absolute Gasteiger partial charge is 0.0202 e. The highest BCUT2D eigenvalue weighted by Crippen LogP contribution is 2.29. The van der Waals surface area contributed by atoms with Gasteiger partial charge >= 0.3 is 0 Å². The van der Waals surface area contributed by atoms with Gasteiger partial charge in [-0.25, -0.2) is 0 Å². The van der Waals surface area contributed by atoms with E-state index >= 15 is 0 Å². The maximum Gasteiger partial charge on any atom is 0.0202 e. The van der Waals surface area contributed by atoms with E-state index in [0.29, 0.717) is 5.41 Å². The Kier molecular flexibility index (Phi) is 5.50. The number of rotatable bonds is 5. The van der Waals surface area contributed by atoms with E-state index in [-0.39, 0.29) is 0 Å². The monoisotopic (exact) mass is 224 g/mol. The minimum atomic E-state index is 0.539. The third-order valence-corrected chi connectivity index (χ3v) is 3.50. The van der Waals surface area contributed by atoms with Crippen molar-refractivity contribution in [1.29, 1.82) is 0 Å². The SMILES string of the molecule is C=C(CNCC)CN1CCCC(C)(C)CC1. The van der Waals surface area contributed by atoms with Gasteiger partial charge in [0.2, 0.25) is 0 Å². The lowest BCUT2D eigenvalue weighted by molar-refractivity contribution is 0.276. The molecule has 94 valence electrons. The molecule has 0 bridgehead atoms. The Morgan fingerprint density at radius 3 is 2.75 bits per heavy atom. The molecular formula is C14H28N2. The van der Waals surface area contributed by atoms with Gasteiger partial charge in [-0.15, -0.1) is 0 Å². The van der Waals surface area contributed by atoms with Gasteiger partial charge in [-0.05, 0) is 49.9 Å². The van der Waals surface area contributed by atoms with Crippen molar-refractivity contribution in [3.63, 3.8) is 0 Å². The molecule has 1 aliphatic heterocycles. The highest BCUT2D eigenvalue weighted by molar-refractivity contribution is 5.00. The van der Waals surface area contributed by atoms with Gasteiger partial charge in [0.25, 0.3) is 0 Å². The van der Waals surface area contributed by atoms with Crippen molar-refractivity contribution in [3.05, 3.63) is 12.2 Å². The van der Waals surface area contributed by atoms with Gasteiger partial charge in [0.15, 0.2) is 0 Å². The molecule has 0 spiro atoms.